The van der Waals surface area contributed by atoms with Crippen molar-refractivity contribution in [2.45, 2.75) is 57.3 Å². The molecule has 0 spiro atoms. The van der Waals surface area contributed by atoms with Crippen LogP contribution in [0.1, 0.15) is 39.0 Å². The summed E-state index contributed by atoms with van der Waals surface area (Å²) in [6.45, 7) is 0.751. The maximum Gasteiger partial charge on any atom is 0.405 e. The Hall–Kier alpha value is -0.980. The molecule has 2 N–H and O–H groups in total. The smallest absolute Gasteiger partial charge is 0.393 e. The van der Waals surface area contributed by atoms with Gasteiger partial charge in [-0.1, -0.05) is 12.8 Å². The summed E-state index contributed by atoms with van der Waals surface area (Å²) >= 11 is 0. The Morgan fingerprint density at radius 2 is 2.11 bits per heavy atom. The van der Waals surface area contributed by atoms with Crippen molar-refractivity contribution in [2.75, 3.05) is 13.1 Å². The SMILES string of the molecule is CC(O)CC1CCCCCN1C(=O)NCC(F)(F)F. The number of likely N-dealkylation sites (tertiary alicyclic amines) is 1. The van der Waals surface area contributed by atoms with E-state index in [0.29, 0.717) is 13.0 Å². The van der Waals surface area contributed by atoms with Crippen LogP contribution in [0, 0.1) is 0 Å². The number of amides is 2. The third-order valence-electron chi connectivity index (χ3n) is 3.19. The Morgan fingerprint density at radius 3 is 2.68 bits per heavy atom. The molecule has 1 fully saturated rings. The van der Waals surface area contributed by atoms with E-state index in [1.54, 1.807) is 6.92 Å². The molecule has 0 aromatic rings. The summed E-state index contributed by atoms with van der Waals surface area (Å²) in [4.78, 5) is 13.3. The first-order valence-corrected chi connectivity index (χ1v) is 6.59. The fraction of sp³-hybridized carbons (Fsp3) is 0.917. The average molecular weight is 282 g/mol. The van der Waals surface area contributed by atoms with Gasteiger partial charge >= 0.3 is 12.2 Å². The Kier molecular flexibility index (Phi) is 5.90. The number of hydrogen-bond acceptors (Lipinski definition) is 2. The van der Waals surface area contributed by atoms with Crippen LogP contribution in [-0.2, 0) is 0 Å². The molecule has 1 aliphatic rings. The van der Waals surface area contributed by atoms with Crippen LogP contribution < -0.4 is 5.32 Å². The lowest BCUT2D eigenvalue weighted by Crippen LogP contribution is -2.49. The van der Waals surface area contributed by atoms with Crippen molar-refractivity contribution >= 4 is 6.03 Å². The van der Waals surface area contributed by atoms with Crippen LogP contribution in [0.4, 0.5) is 18.0 Å². The highest BCUT2D eigenvalue weighted by atomic mass is 19.4. The van der Waals surface area contributed by atoms with Gasteiger partial charge in [-0.25, -0.2) is 4.79 Å². The second-order valence-electron chi connectivity index (χ2n) is 5.06. The molecule has 1 saturated heterocycles. The van der Waals surface area contributed by atoms with E-state index < -0.39 is 24.9 Å². The van der Waals surface area contributed by atoms with Crippen molar-refractivity contribution in [1.82, 2.24) is 10.2 Å². The monoisotopic (exact) mass is 282 g/mol. The molecule has 2 atom stereocenters. The minimum absolute atomic E-state index is 0.185. The van der Waals surface area contributed by atoms with Crippen molar-refractivity contribution in [2.24, 2.45) is 0 Å². The number of aliphatic hydroxyl groups is 1. The van der Waals surface area contributed by atoms with Crippen LogP contribution in [0.3, 0.4) is 0 Å². The van der Waals surface area contributed by atoms with Gasteiger partial charge in [-0.2, -0.15) is 13.2 Å². The topological polar surface area (TPSA) is 52.6 Å². The van der Waals surface area contributed by atoms with Gasteiger partial charge in [-0.3, -0.25) is 0 Å². The first-order valence-electron chi connectivity index (χ1n) is 6.59. The summed E-state index contributed by atoms with van der Waals surface area (Å²) in [5.74, 6) is 0. The van der Waals surface area contributed by atoms with Gasteiger partial charge in [0.05, 0.1) is 6.10 Å². The third kappa shape index (κ3) is 6.13. The van der Waals surface area contributed by atoms with Gasteiger partial charge < -0.3 is 15.3 Å². The van der Waals surface area contributed by atoms with Gasteiger partial charge in [-0.15, -0.1) is 0 Å². The Morgan fingerprint density at radius 1 is 1.42 bits per heavy atom. The first-order chi connectivity index (χ1) is 8.79. The number of carbonyl (C=O) groups is 1. The number of urea groups is 1. The molecule has 0 aromatic carbocycles. The molecule has 1 aliphatic heterocycles. The summed E-state index contributed by atoms with van der Waals surface area (Å²) in [5.41, 5.74) is 0. The lowest BCUT2D eigenvalue weighted by Gasteiger charge is -2.31. The molecular weight excluding hydrogens is 261 g/mol. The number of halogens is 3. The third-order valence-corrected chi connectivity index (χ3v) is 3.19. The van der Waals surface area contributed by atoms with E-state index in [1.165, 1.54) is 4.90 Å². The van der Waals surface area contributed by atoms with E-state index in [1.807, 2.05) is 5.32 Å². The molecule has 0 aromatic heterocycles. The maximum absolute atomic E-state index is 12.1. The zero-order chi connectivity index (χ0) is 14.5. The molecular formula is C12H21F3N2O2. The number of aliphatic hydroxyl groups excluding tert-OH is 1. The highest BCUT2D eigenvalue weighted by Gasteiger charge is 2.31. The summed E-state index contributed by atoms with van der Waals surface area (Å²) < 4.78 is 36.3. The van der Waals surface area contributed by atoms with Crippen LogP contribution in [0.25, 0.3) is 0 Å². The first kappa shape index (κ1) is 16.1. The van der Waals surface area contributed by atoms with Crippen molar-refractivity contribution < 1.29 is 23.1 Å². The number of carbonyl (C=O) groups excluding carboxylic acids is 1. The number of nitrogens with zero attached hydrogens (tertiary/aromatic N) is 1. The molecule has 0 radical (unpaired) electrons. The predicted octanol–water partition coefficient (Wildman–Crippen LogP) is 2.27. The van der Waals surface area contributed by atoms with E-state index in [-0.39, 0.29) is 6.04 Å². The largest absolute Gasteiger partial charge is 0.405 e. The minimum Gasteiger partial charge on any atom is -0.393 e. The van der Waals surface area contributed by atoms with Crippen molar-refractivity contribution in [1.29, 1.82) is 0 Å². The van der Waals surface area contributed by atoms with Crippen molar-refractivity contribution in [3.8, 4) is 0 Å². The summed E-state index contributed by atoms with van der Waals surface area (Å²) in [5, 5.41) is 11.3. The second kappa shape index (κ2) is 6.98. The zero-order valence-corrected chi connectivity index (χ0v) is 11.0. The molecule has 112 valence electrons. The highest BCUT2D eigenvalue weighted by Crippen LogP contribution is 2.21. The van der Waals surface area contributed by atoms with Crippen LogP contribution in [0.5, 0.6) is 0 Å². The van der Waals surface area contributed by atoms with E-state index in [0.717, 1.165) is 25.7 Å². The van der Waals surface area contributed by atoms with Crippen LogP contribution in [0.15, 0.2) is 0 Å². The Bertz CT molecular complexity index is 295. The minimum atomic E-state index is -4.40. The van der Waals surface area contributed by atoms with Gasteiger partial charge in [0.2, 0.25) is 0 Å². The predicted molar refractivity (Wildman–Crippen MR) is 64.7 cm³/mol. The number of nitrogens with one attached hydrogen (secondary N) is 1. The van der Waals surface area contributed by atoms with Crippen molar-refractivity contribution in [3.63, 3.8) is 0 Å². The second-order valence-corrected chi connectivity index (χ2v) is 5.06. The molecule has 0 aliphatic carbocycles. The van der Waals surface area contributed by atoms with E-state index in [9.17, 15) is 23.1 Å². The molecule has 4 nitrogen and oxygen atoms in total. The molecule has 0 saturated carbocycles. The number of rotatable bonds is 3. The lowest BCUT2D eigenvalue weighted by atomic mass is 10.0. The quantitative estimate of drug-likeness (QED) is 0.834. The number of hydrogen-bond donors (Lipinski definition) is 2. The van der Waals surface area contributed by atoms with E-state index in [4.69, 9.17) is 0 Å². The molecule has 19 heavy (non-hydrogen) atoms. The molecule has 1 heterocycles. The van der Waals surface area contributed by atoms with Gasteiger partial charge in [0, 0.05) is 12.6 Å². The van der Waals surface area contributed by atoms with Gasteiger partial charge in [-0.05, 0) is 26.2 Å². The van der Waals surface area contributed by atoms with Crippen LogP contribution in [-0.4, -0.2) is 47.4 Å². The average Bonchev–Trinajstić information content (AvgIpc) is 2.49. The maximum atomic E-state index is 12.1. The van der Waals surface area contributed by atoms with Gasteiger partial charge in [0.25, 0.3) is 0 Å². The summed E-state index contributed by atoms with van der Waals surface area (Å²) in [6, 6.07) is -0.874. The standard InChI is InChI=1S/C12H21F3N2O2/c1-9(18)7-10-5-3-2-4-6-17(10)11(19)16-8-12(13,14)15/h9-10,18H,2-8H2,1H3,(H,16,19). The van der Waals surface area contributed by atoms with Crippen molar-refractivity contribution in [3.05, 3.63) is 0 Å². The fourth-order valence-corrected chi connectivity index (χ4v) is 2.36. The summed E-state index contributed by atoms with van der Waals surface area (Å²) in [7, 11) is 0. The van der Waals surface area contributed by atoms with E-state index >= 15 is 0 Å². The molecule has 7 heteroatoms. The Labute approximate surface area is 111 Å². The van der Waals surface area contributed by atoms with Gasteiger partial charge in [0.1, 0.15) is 6.54 Å². The van der Waals surface area contributed by atoms with Gasteiger partial charge in [0.15, 0.2) is 0 Å². The molecule has 1 rings (SSSR count). The molecule has 2 unspecified atom stereocenters. The summed E-state index contributed by atoms with van der Waals surface area (Å²) in [6.07, 6.45) is -1.17. The lowest BCUT2D eigenvalue weighted by molar-refractivity contribution is -0.123. The van der Waals surface area contributed by atoms with Crippen LogP contribution >= 0.6 is 0 Å². The number of alkyl halides is 3. The Balaban J connectivity index is 2.60. The van der Waals surface area contributed by atoms with Crippen LogP contribution in [0.2, 0.25) is 0 Å². The molecule has 2 amide bonds. The van der Waals surface area contributed by atoms with E-state index in [2.05, 4.69) is 0 Å². The fourth-order valence-electron chi connectivity index (χ4n) is 2.36. The normalized spacial score (nSPS) is 22.8. The zero-order valence-electron chi connectivity index (χ0n) is 11.0. The highest BCUT2D eigenvalue weighted by molar-refractivity contribution is 5.74. The molecule has 0 bridgehead atoms.